The molecule has 1 aromatic carbocycles. The number of fused-ring (bicyclic) bond motifs is 1. The lowest BCUT2D eigenvalue weighted by atomic mass is 10.1. The molecule has 1 N–H and O–H groups in total. The van der Waals surface area contributed by atoms with Crippen LogP contribution in [0.15, 0.2) is 6.07 Å². The van der Waals surface area contributed by atoms with Crippen molar-refractivity contribution < 1.29 is 27.8 Å². The van der Waals surface area contributed by atoms with E-state index < -0.39 is 25.7 Å². The number of aromatic nitrogens is 2. The largest absolute Gasteiger partial charge is 0.465 e. The minimum absolute atomic E-state index is 0.0371. The maximum absolute atomic E-state index is 14.6. The van der Waals surface area contributed by atoms with Crippen LogP contribution < -0.4 is 5.32 Å². The number of esters is 1. The van der Waals surface area contributed by atoms with Gasteiger partial charge >= 0.3 is 5.97 Å². The van der Waals surface area contributed by atoms with Crippen molar-refractivity contribution in [2.45, 2.75) is 38.5 Å². The van der Waals surface area contributed by atoms with Crippen LogP contribution in [-0.2, 0) is 20.9 Å². The molecule has 0 saturated carbocycles. The topological polar surface area (TPSA) is 77.9 Å². The summed E-state index contributed by atoms with van der Waals surface area (Å²) in [7, 11) is 1.88. The van der Waals surface area contributed by atoms with Gasteiger partial charge in [-0.15, -0.1) is 0 Å². The van der Waals surface area contributed by atoms with Gasteiger partial charge in [0.2, 0.25) is 5.95 Å². The number of likely N-dealkylation sites (N-methyl/N-ethyl adjacent to an activating group) is 1. The van der Waals surface area contributed by atoms with Crippen molar-refractivity contribution >= 4 is 31.0 Å². The monoisotopic (exact) mass is 470 g/mol. The molecule has 178 valence electrons. The highest BCUT2D eigenvalue weighted by Gasteiger charge is 2.26. The average Bonchev–Trinajstić information content (AvgIpc) is 3.10. The van der Waals surface area contributed by atoms with Crippen molar-refractivity contribution in [2.75, 3.05) is 52.4 Å². The van der Waals surface area contributed by atoms with Gasteiger partial charge in [-0.3, -0.25) is 9.47 Å². The maximum Gasteiger partial charge on any atom is 0.340 e. The molecule has 0 spiro atoms. The van der Waals surface area contributed by atoms with Gasteiger partial charge in [-0.05, 0) is 19.2 Å². The molecular weight excluding hydrogens is 438 g/mol. The van der Waals surface area contributed by atoms with E-state index in [1.165, 1.54) is 7.11 Å². The highest BCUT2D eigenvalue weighted by molar-refractivity contribution is 6.76. The molecule has 8 nitrogen and oxygen atoms in total. The molecule has 1 atom stereocenters. The van der Waals surface area contributed by atoms with Crippen molar-refractivity contribution in [3.63, 3.8) is 0 Å². The van der Waals surface area contributed by atoms with Gasteiger partial charge in [0, 0.05) is 27.8 Å². The van der Waals surface area contributed by atoms with E-state index >= 15 is 0 Å². The molecule has 1 aliphatic rings. The van der Waals surface area contributed by atoms with Crippen molar-refractivity contribution in [1.82, 2.24) is 14.5 Å². The minimum Gasteiger partial charge on any atom is -0.465 e. The molecular formula is C21H32F2N4O4Si. The summed E-state index contributed by atoms with van der Waals surface area (Å²) in [5, 5.41) is 3.21. The number of hydrogen-bond donors (Lipinski definition) is 1. The molecule has 0 amide bonds. The highest BCUT2D eigenvalue weighted by Crippen LogP contribution is 2.29. The fourth-order valence-corrected chi connectivity index (χ4v) is 4.23. The number of methoxy groups -OCH3 is 1. The van der Waals surface area contributed by atoms with Crippen LogP contribution in [0.4, 0.5) is 14.7 Å². The summed E-state index contributed by atoms with van der Waals surface area (Å²) < 4.78 is 46.6. The standard InChI is InChI=1S/C21H32F2N4O4Si/c1-26-6-7-30-12-14(26)11-24-21-25-18-17(23)16(22)10-15(20(28)29-2)19(18)27(21)13-31-8-9-32(3,4)5/h10,14H,6-9,11-13H2,1-5H3,(H,24,25). The molecule has 1 unspecified atom stereocenters. The SMILES string of the molecule is COC(=O)c1cc(F)c(F)c2nc(NCC3COCCN3C)n(COCC[Si](C)(C)C)c12. The Morgan fingerprint density at radius 3 is 2.78 bits per heavy atom. The van der Waals surface area contributed by atoms with Crippen LogP contribution in [0.2, 0.25) is 25.7 Å². The first-order chi connectivity index (χ1) is 15.1. The zero-order chi connectivity index (χ0) is 23.5. The molecule has 1 saturated heterocycles. The van der Waals surface area contributed by atoms with Crippen LogP contribution in [0.5, 0.6) is 0 Å². The molecule has 2 aromatic rings. The molecule has 1 aliphatic heterocycles. The Morgan fingerprint density at radius 2 is 2.12 bits per heavy atom. The van der Waals surface area contributed by atoms with Gasteiger partial charge in [0.25, 0.3) is 0 Å². The van der Waals surface area contributed by atoms with Crippen molar-refractivity contribution in [2.24, 2.45) is 0 Å². The van der Waals surface area contributed by atoms with Crippen molar-refractivity contribution in [1.29, 1.82) is 0 Å². The Hall–Kier alpha value is -2.08. The zero-order valence-electron chi connectivity index (χ0n) is 19.3. The molecule has 11 heteroatoms. The molecule has 1 aromatic heterocycles. The van der Waals surface area contributed by atoms with Gasteiger partial charge < -0.3 is 19.5 Å². The number of nitrogens with zero attached hydrogens (tertiary/aromatic N) is 3. The van der Waals surface area contributed by atoms with E-state index in [0.717, 1.165) is 18.7 Å². The van der Waals surface area contributed by atoms with Gasteiger partial charge in [-0.2, -0.15) is 0 Å². The average molecular weight is 471 g/mol. The summed E-state index contributed by atoms with van der Waals surface area (Å²) in [4.78, 5) is 18.8. The summed E-state index contributed by atoms with van der Waals surface area (Å²) in [6, 6.07) is 1.88. The number of nitrogens with one attached hydrogen (secondary N) is 1. The smallest absolute Gasteiger partial charge is 0.340 e. The Bertz CT molecular complexity index is 964. The number of morpholine rings is 1. The fourth-order valence-electron chi connectivity index (χ4n) is 3.47. The van der Waals surface area contributed by atoms with Gasteiger partial charge in [0.1, 0.15) is 12.2 Å². The summed E-state index contributed by atoms with van der Waals surface area (Å²) in [6.45, 7) is 9.78. The Morgan fingerprint density at radius 1 is 1.38 bits per heavy atom. The summed E-state index contributed by atoms with van der Waals surface area (Å²) >= 11 is 0. The maximum atomic E-state index is 14.6. The second kappa shape index (κ2) is 10.2. The highest BCUT2D eigenvalue weighted by atomic mass is 28.3. The first kappa shape index (κ1) is 24.6. The van der Waals surface area contributed by atoms with Crippen LogP contribution >= 0.6 is 0 Å². The number of halogens is 2. The quantitative estimate of drug-likeness (QED) is 0.343. The first-order valence-electron chi connectivity index (χ1n) is 10.7. The lowest BCUT2D eigenvalue weighted by Crippen LogP contribution is -2.46. The van der Waals surface area contributed by atoms with Gasteiger partial charge in [0.05, 0.1) is 37.4 Å². The van der Waals surface area contributed by atoms with Crippen molar-refractivity contribution in [3.8, 4) is 0 Å². The molecule has 0 aliphatic carbocycles. The number of carbonyl (C=O) groups excluding carboxylic acids is 1. The normalized spacial score (nSPS) is 17.7. The predicted octanol–water partition coefficient (Wildman–Crippen LogP) is 3.16. The molecule has 0 bridgehead atoms. The third-order valence-electron chi connectivity index (χ3n) is 5.55. The van der Waals surface area contributed by atoms with E-state index in [2.05, 4.69) is 34.8 Å². The molecule has 3 rings (SSSR count). The van der Waals surface area contributed by atoms with Crippen LogP contribution in [0, 0.1) is 11.6 Å². The van der Waals surface area contributed by atoms with E-state index in [1.54, 1.807) is 4.57 Å². The number of hydrogen-bond acceptors (Lipinski definition) is 7. The van der Waals surface area contributed by atoms with E-state index in [9.17, 15) is 13.6 Å². The van der Waals surface area contributed by atoms with Crippen LogP contribution in [-0.4, -0.2) is 81.6 Å². The van der Waals surface area contributed by atoms with E-state index in [4.69, 9.17) is 14.2 Å². The van der Waals surface area contributed by atoms with Gasteiger partial charge in [0.15, 0.2) is 11.6 Å². The number of anilines is 1. The third-order valence-corrected chi connectivity index (χ3v) is 7.26. The lowest BCUT2D eigenvalue weighted by molar-refractivity contribution is 0.0108. The molecule has 0 radical (unpaired) electrons. The summed E-state index contributed by atoms with van der Waals surface area (Å²) in [6.07, 6.45) is 0. The van der Waals surface area contributed by atoms with E-state index in [1.807, 2.05) is 7.05 Å². The Balaban J connectivity index is 1.96. The third kappa shape index (κ3) is 5.63. The second-order valence-electron chi connectivity index (χ2n) is 9.21. The predicted molar refractivity (Wildman–Crippen MR) is 121 cm³/mol. The van der Waals surface area contributed by atoms with E-state index in [-0.39, 0.29) is 29.4 Å². The Labute approximate surface area is 187 Å². The lowest BCUT2D eigenvalue weighted by Gasteiger charge is -2.32. The number of imidazole rings is 1. The van der Waals surface area contributed by atoms with Gasteiger partial charge in [-0.25, -0.2) is 18.6 Å². The molecule has 1 fully saturated rings. The number of ether oxygens (including phenoxy) is 3. The van der Waals surface area contributed by atoms with Crippen LogP contribution in [0.25, 0.3) is 11.0 Å². The summed E-state index contributed by atoms with van der Waals surface area (Å²) in [5.74, 6) is -2.76. The summed E-state index contributed by atoms with van der Waals surface area (Å²) in [5.41, 5.74) is -0.205. The molecule has 2 heterocycles. The number of benzene rings is 1. The van der Waals surface area contributed by atoms with E-state index in [0.29, 0.717) is 32.3 Å². The van der Waals surface area contributed by atoms with Gasteiger partial charge in [-0.1, -0.05) is 19.6 Å². The number of carbonyl (C=O) groups is 1. The zero-order valence-corrected chi connectivity index (χ0v) is 20.3. The van der Waals surface area contributed by atoms with Crippen LogP contribution in [0.3, 0.4) is 0 Å². The number of rotatable bonds is 9. The Kier molecular flexibility index (Phi) is 7.86. The first-order valence-corrected chi connectivity index (χ1v) is 14.4. The molecule has 32 heavy (non-hydrogen) atoms. The second-order valence-corrected chi connectivity index (χ2v) is 14.8. The fraction of sp³-hybridized carbons (Fsp3) is 0.619. The van der Waals surface area contributed by atoms with Crippen molar-refractivity contribution in [3.05, 3.63) is 23.3 Å². The minimum atomic E-state index is -1.31. The van der Waals surface area contributed by atoms with Crippen LogP contribution in [0.1, 0.15) is 10.4 Å².